The molecule has 1 aromatic carbocycles. The zero-order valence-electron chi connectivity index (χ0n) is 17.8. The van der Waals surface area contributed by atoms with Gasteiger partial charge in [-0.2, -0.15) is 0 Å². The maximum atomic E-state index is 12.7. The number of aromatic amines is 1. The van der Waals surface area contributed by atoms with Crippen LogP contribution in [0.4, 0.5) is 0 Å². The summed E-state index contributed by atoms with van der Waals surface area (Å²) in [5.74, 6) is 1.94. The third-order valence-corrected chi connectivity index (χ3v) is 7.94. The Morgan fingerprint density at radius 1 is 1.32 bits per heavy atom. The van der Waals surface area contributed by atoms with Crippen molar-refractivity contribution in [3.63, 3.8) is 0 Å². The fourth-order valence-corrected chi connectivity index (χ4v) is 5.99. The number of carbonyl (C=O) groups is 1. The van der Waals surface area contributed by atoms with Gasteiger partial charge in [0.05, 0.1) is 23.5 Å². The molecule has 1 atom stereocenters. The van der Waals surface area contributed by atoms with E-state index in [2.05, 4.69) is 15.3 Å². The van der Waals surface area contributed by atoms with Gasteiger partial charge in [-0.15, -0.1) is 23.1 Å². The number of carbonyl (C=O) groups excluding carboxylic acids is 1. The monoisotopic (exact) mass is 457 g/mol. The lowest BCUT2D eigenvalue weighted by atomic mass is 9.97. The van der Waals surface area contributed by atoms with E-state index >= 15 is 0 Å². The second kappa shape index (κ2) is 9.87. The Balaban J connectivity index is 1.32. The maximum Gasteiger partial charge on any atom is 0.259 e. The van der Waals surface area contributed by atoms with Crippen molar-refractivity contribution in [3.8, 4) is 5.75 Å². The molecule has 8 heteroatoms. The molecule has 2 N–H and O–H groups in total. The molecule has 31 heavy (non-hydrogen) atoms. The number of aromatic nitrogens is 2. The van der Waals surface area contributed by atoms with E-state index in [1.54, 1.807) is 18.4 Å². The SMILES string of the molecule is COc1ccccc1CCNC(=O)[C@H](C)SCc1nc2sc3c(c2c(=O)[nH]1)CCCC3. The van der Waals surface area contributed by atoms with E-state index in [1.165, 1.54) is 28.6 Å². The number of hydrogen-bond acceptors (Lipinski definition) is 6. The molecular formula is C23H27N3O3S2. The highest BCUT2D eigenvalue weighted by Gasteiger charge is 2.20. The number of thioether (sulfide) groups is 1. The van der Waals surface area contributed by atoms with Crippen molar-refractivity contribution in [2.24, 2.45) is 0 Å². The smallest absolute Gasteiger partial charge is 0.259 e. The fourth-order valence-electron chi connectivity index (χ4n) is 3.93. The first-order valence-electron chi connectivity index (χ1n) is 10.6. The number of para-hydroxylation sites is 1. The van der Waals surface area contributed by atoms with Crippen molar-refractivity contribution in [2.45, 2.75) is 50.0 Å². The highest BCUT2D eigenvalue weighted by atomic mass is 32.2. The third-order valence-electron chi connectivity index (χ3n) is 5.60. The van der Waals surface area contributed by atoms with E-state index in [0.29, 0.717) is 24.5 Å². The largest absolute Gasteiger partial charge is 0.496 e. The van der Waals surface area contributed by atoms with Crippen molar-refractivity contribution >= 4 is 39.2 Å². The predicted octanol–water partition coefficient (Wildman–Crippen LogP) is 3.85. The summed E-state index contributed by atoms with van der Waals surface area (Å²) in [5, 5.41) is 3.52. The lowest BCUT2D eigenvalue weighted by molar-refractivity contribution is -0.120. The molecule has 0 saturated heterocycles. The number of amides is 1. The number of nitrogens with zero attached hydrogens (tertiary/aromatic N) is 1. The third kappa shape index (κ3) is 4.96. The number of hydrogen-bond donors (Lipinski definition) is 2. The standard InChI is InChI=1S/C23H27N3O3S2/c1-14(21(27)24-12-11-15-7-3-5-9-17(15)29-2)30-13-19-25-22(28)20-16-8-4-6-10-18(16)31-23(20)26-19/h3,5,7,9,14H,4,6,8,10-13H2,1-2H3,(H,24,27)(H,25,26,28)/t14-/m0/s1. The molecule has 0 saturated carbocycles. The van der Waals surface area contributed by atoms with Crippen LogP contribution >= 0.6 is 23.1 Å². The van der Waals surface area contributed by atoms with Gasteiger partial charge in [-0.1, -0.05) is 18.2 Å². The van der Waals surface area contributed by atoms with E-state index in [0.717, 1.165) is 40.8 Å². The molecule has 1 aliphatic rings. The zero-order chi connectivity index (χ0) is 21.8. The summed E-state index contributed by atoms with van der Waals surface area (Å²) in [6.45, 7) is 2.43. The lowest BCUT2D eigenvalue weighted by Gasteiger charge is -2.13. The number of rotatable bonds is 8. The van der Waals surface area contributed by atoms with Crippen LogP contribution < -0.4 is 15.6 Å². The molecule has 2 heterocycles. The van der Waals surface area contributed by atoms with Gasteiger partial charge in [0.2, 0.25) is 5.91 Å². The lowest BCUT2D eigenvalue weighted by Crippen LogP contribution is -2.32. The Hall–Kier alpha value is -2.32. The number of fused-ring (bicyclic) bond motifs is 3. The predicted molar refractivity (Wildman–Crippen MR) is 127 cm³/mol. The highest BCUT2D eigenvalue weighted by Crippen LogP contribution is 2.33. The normalized spacial score (nSPS) is 14.3. The van der Waals surface area contributed by atoms with Crippen molar-refractivity contribution in [1.82, 2.24) is 15.3 Å². The van der Waals surface area contributed by atoms with Crippen molar-refractivity contribution in [3.05, 3.63) is 56.4 Å². The number of H-pyrrole nitrogens is 1. The minimum absolute atomic E-state index is 0.0186. The first kappa shape index (κ1) is 21.9. The quantitative estimate of drug-likeness (QED) is 0.537. The minimum atomic E-state index is -0.241. The average Bonchev–Trinajstić information content (AvgIpc) is 3.16. The molecule has 0 radical (unpaired) electrons. The van der Waals surface area contributed by atoms with Crippen LogP contribution in [0.2, 0.25) is 0 Å². The van der Waals surface area contributed by atoms with Crippen molar-refractivity contribution in [1.29, 1.82) is 0 Å². The van der Waals surface area contributed by atoms with E-state index < -0.39 is 0 Å². The van der Waals surface area contributed by atoms with E-state index in [-0.39, 0.29) is 16.7 Å². The Bertz CT molecular complexity index is 1140. The average molecular weight is 458 g/mol. The van der Waals surface area contributed by atoms with Gasteiger partial charge in [-0.05, 0) is 56.2 Å². The van der Waals surface area contributed by atoms with Crippen LogP contribution in [0.1, 0.15) is 41.6 Å². The molecule has 164 valence electrons. The molecule has 2 aromatic heterocycles. The van der Waals surface area contributed by atoms with Crippen LogP contribution in [0.5, 0.6) is 5.75 Å². The van der Waals surface area contributed by atoms with E-state index in [1.807, 2.05) is 31.2 Å². The summed E-state index contributed by atoms with van der Waals surface area (Å²) in [6.07, 6.45) is 5.05. The molecule has 3 aromatic rings. The molecule has 4 rings (SSSR count). The van der Waals surface area contributed by atoms with Crippen LogP contribution in [0, 0.1) is 0 Å². The Kier molecular flexibility index (Phi) is 6.97. The van der Waals surface area contributed by atoms with Crippen LogP contribution in [0.25, 0.3) is 10.2 Å². The maximum absolute atomic E-state index is 12.7. The van der Waals surface area contributed by atoms with Gasteiger partial charge in [0.25, 0.3) is 5.56 Å². The number of aryl methyl sites for hydroxylation is 2. The van der Waals surface area contributed by atoms with E-state index in [9.17, 15) is 9.59 Å². The minimum Gasteiger partial charge on any atom is -0.496 e. The van der Waals surface area contributed by atoms with Crippen LogP contribution in [-0.2, 0) is 29.8 Å². The second-order valence-corrected chi connectivity index (χ2v) is 10.1. The van der Waals surface area contributed by atoms with Gasteiger partial charge < -0.3 is 15.0 Å². The molecule has 1 amide bonds. The highest BCUT2D eigenvalue weighted by molar-refractivity contribution is 7.99. The molecule has 0 bridgehead atoms. The fraction of sp³-hybridized carbons (Fsp3) is 0.435. The topological polar surface area (TPSA) is 84.1 Å². The van der Waals surface area contributed by atoms with Gasteiger partial charge in [-0.25, -0.2) is 4.98 Å². The van der Waals surface area contributed by atoms with Gasteiger partial charge in [0, 0.05) is 11.4 Å². The first-order valence-corrected chi connectivity index (χ1v) is 12.5. The van der Waals surface area contributed by atoms with Crippen LogP contribution in [0.15, 0.2) is 29.1 Å². The van der Waals surface area contributed by atoms with Crippen molar-refractivity contribution < 1.29 is 9.53 Å². The molecular weight excluding hydrogens is 430 g/mol. The summed E-state index contributed by atoms with van der Waals surface area (Å²) in [6, 6.07) is 7.82. The second-order valence-electron chi connectivity index (χ2n) is 7.71. The Morgan fingerprint density at radius 2 is 2.13 bits per heavy atom. The first-order chi connectivity index (χ1) is 15.1. The summed E-state index contributed by atoms with van der Waals surface area (Å²) in [7, 11) is 1.65. The molecule has 1 aliphatic carbocycles. The molecule has 6 nitrogen and oxygen atoms in total. The van der Waals surface area contributed by atoms with Gasteiger partial charge >= 0.3 is 0 Å². The molecule has 0 aliphatic heterocycles. The van der Waals surface area contributed by atoms with Gasteiger partial charge in [-0.3, -0.25) is 9.59 Å². The Morgan fingerprint density at radius 3 is 2.97 bits per heavy atom. The Labute approximate surface area is 189 Å². The molecule has 0 fully saturated rings. The number of nitrogens with one attached hydrogen (secondary N) is 2. The van der Waals surface area contributed by atoms with Crippen LogP contribution in [0.3, 0.4) is 0 Å². The van der Waals surface area contributed by atoms with Crippen molar-refractivity contribution in [2.75, 3.05) is 13.7 Å². The van der Waals surface area contributed by atoms with Crippen LogP contribution in [-0.4, -0.2) is 34.8 Å². The summed E-state index contributed by atoms with van der Waals surface area (Å²) >= 11 is 3.13. The van der Waals surface area contributed by atoms with Gasteiger partial charge in [0.1, 0.15) is 16.4 Å². The number of thiophene rings is 1. The molecule has 0 unspecified atom stereocenters. The summed E-state index contributed by atoms with van der Waals surface area (Å²) < 4.78 is 5.35. The van der Waals surface area contributed by atoms with Gasteiger partial charge in [0.15, 0.2) is 0 Å². The number of benzene rings is 1. The number of ether oxygens (including phenoxy) is 1. The molecule has 0 spiro atoms. The summed E-state index contributed by atoms with van der Waals surface area (Å²) in [5.41, 5.74) is 2.22. The zero-order valence-corrected chi connectivity index (χ0v) is 19.5. The summed E-state index contributed by atoms with van der Waals surface area (Å²) in [4.78, 5) is 34.9. The number of methoxy groups -OCH3 is 1. The van der Waals surface area contributed by atoms with E-state index in [4.69, 9.17) is 4.74 Å².